The molecule has 1 N–H and O–H groups in total. The number of halogens is 1. The van der Waals surface area contributed by atoms with Crippen molar-refractivity contribution in [2.45, 2.75) is 11.4 Å². The Morgan fingerprint density at radius 3 is 2.50 bits per heavy atom. The maximum Gasteiger partial charge on any atom is 0.265 e. The molecule has 0 saturated heterocycles. The van der Waals surface area contributed by atoms with E-state index < -0.39 is 0 Å². The number of nitrogens with one attached hydrogen (secondary N) is 1. The third-order valence-corrected chi connectivity index (χ3v) is 6.46. The van der Waals surface area contributed by atoms with Crippen molar-refractivity contribution in [3.63, 3.8) is 0 Å². The summed E-state index contributed by atoms with van der Waals surface area (Å²) in [6.07, 6.45) is 1.87. The molecule has 0 aliphatic carbocycles. The van der Waals surface area contributed by atoms with Crippen molar-refractivity contribution in [2.75, 3.05) is 32.1 Å². The van der Waals surface area contributed by atoms with Crippen molar-refractivity contribution in [1.29, 1.82) is 0 Å². The van der Waals surface area contributed by atoms with Crippen LogP contribution in [0.1, 0.15) is 21.5 Å². The molecule has 1 aliphatic rings. The van der Waals surface area contributed by atoms with Crippen molar-refractivity contribution in [3.05, 3.63) is 100 Å². The number of thioether (sulfide) groups is 1. The third-order valence-electron chi connectivity index (χ3n) is 5.38. The normalized spacial score (nSPS) is 14.4. The quantitative estimate of drug-likeness (QED) is 0.499. The Balaban J connectivity index is 1.68. The molecule has 0 aromatic heterocycles. The summed E-state index contributed by atoms with van der Waals surface area (Å²) in [5.41, 5.74) is 2.89. The van der Waals surface area contributed by atoms with E-state index in [0.717, 1.165) is 22.6 Å². The Kier molecular flexibility index (Phi) is 7.45. The first-order valence-corrected chi connectivity index (χ1v) is 11.8. The molecule has 34 heavy (non-hydrogen) atoms. The van der Waals surface area contributed by atoms with Crippen LogP contribution in [0.2, 0.25) is 0 Å². The topological polar surface area (TPSA) is 52.7 Å². The third kappa shape index (κ3) is 5.73. The van der Waals surface area contributed by atoms with Gasteiger partial charge in [0.1, 0.15) is 5.82 Å². The molecule has 0 radical (unpaired) electrons. The van der Waals surface area contributed by atoms with Crippen LogP contribution in [0.25, 0.3) is 6.08 Å². The molecule has 1 aliphatic heterocycles. The highest BCUT2D eigenvalue weighted by molar-refractivity contribution is 8.04. The fraction of sp³-hybridized carbons (Fsp3) is 0.185. The first-order chi connectivity index (χ1) is 16.4. The molecule has 3 aromatic carbocycles. The number of anilines is 1. The zero-order valence-corrected chi connectivity index (χ0v) is 19.9. The van der Waals surface area contributed by atoms with E-state index in [0.29, 0.717) is 22.7 Å². The van der Waals surface area contributed by atoms with E-state index in [1.54, 1.807) is 29.2 Å². The van der Waals surface area contributed by atoms with Gasteiger partial charge < -0.3 is 15.1 Å². The Bertz CT molecular complexity index is 1210. The first kappa shape index (κ1) is 23.7. The molecular weight excluding hydrogens is 449 g/mol. The van der Waals surface area contributed by atoms with Crippen molar-refractivity contribution < 1.29 is 14.0 Å². The molecule has 0 spiro atoms. The van der Waals surface area contributed by atoms with Gasteiger partial charge in [0, 0.05) is 23.5 Å². The molecular formula is C27H26FN3O2S. The Labute approximate surface area is 203 Å². The number of fused-ring (bicyclic) bond motifs is 1. The highest BCUT2D eigenvalue weighted by Crippen LogP contribution is 2.43. The average Bonchev–Trinajstić information content (AvgIpc) is 2.83. The number of benzene rings is 3. The first-order valence-electron chi connectivity index (χ1n) is 11.0. The molecule has 1 heterocycles. The van der Waals surface area contributed by atoms with Crippen LogP contribution < -0.4 is 10.2 Å². The number of amides is 2. The van der Waals surface area contributed by atoms with Crippen LogP contribution in [0.3, 0.4) is 0 Å². The van der Waals surface area contributed by atoms with Crippen molar-refractivity contribution in [2.24, 2.45) is 0 Å². The number of hydrogen-bond acceptors (Lipinski definition) is 4. The second kappa shape index (κ2) is 10.7. The molecule has 0 fully saturated rings. The lowest BCUT2D eigenvalue weighted by atomic mass is 10.1. The van der Waals surface area contributed by atoms with Crippen LogP contribution in [0.4, 0.5) is 10.1 Å². The van der Waals surface area contributed by atoms with Gasteiger partial charge in [-0.05, 0) is 61.6 Å². The maximum absolute atomic E-state index is 13.5. The van der Waals surface area contributed by atoms with Crippen LogP contribution in [0.5, 0.6) is 0 Å². The molecule has 7 heteroatoms. The molecule has 0 bridgehead atoms. The fourth-order valence-corrected chi connectivity index (χ4v) is 4.62. The van der Waals surface area contributed by atoms with Crippen LogP contribution in [0, 0.1) is 5.82 Å². The summed E-state index contributed by atoms with van der Waals surface area (Å²) in [6.45, 7) is 1.53. The Hall–Kier alpha value is -3.42. The van der Waals surface area contributed by atoms with Crippen molar-refractivity contribution in [1.82, 2.24) is 10.2 Å². The minimum Gasteiger partial charge on any atom is -0.351 e. The van der Waals surface area contributed by atoms with Crippen LogP contribution in [0.15, 0.2) is 82.6 Å². The van der Waals surface area contributed by atoms with Gasteiger partial charge in [0.05, 0.1) is 17.1 Å². The summed E-state index contributed by atoms with van der Waals surface area (Å²) >= 11 is 1.39. The van der Waals surface area contributed by atoms with Gasteiger partial charge in [-0.15, -0.1) is 0 Å². The van der Waals surface area contributed by atoms with Gasteiger partial charge in [-0.2, -0.15) is 0 Å². The summed E-state index contributed by atoms with van der Waals surface area (Å²) in [5.74, 6) is -0.670. The van der Waals surface area contributed by atoms with E-state index in [9.17, 15) is 14.0 Å². The number of carbonyl (C=O) groups excluding carboxylic acids is 2. The summed E-state index contributed by atoms with van der Waals surface area (Å²) in [6, 6.07) is 21.2. The molecule has 0 saturated carbocycles. The van der Waals surface area contributed by atoms with E-state index in [1.165, 1.54) is 23.9 Å². The van der Waals surface area contributed by atoms with Gasteiger partial charge in [0.15, 0.2) is 0 Å². The molecule has 174 valence electrons. The number of rotatable bonds is 7. The fourth-order valence-electron chi connectivity index (χ4n) is 3.58. The molecule has 3 aromatic rings. The molecule has 0 atom stereocenters. The van der Waals surface area contributed by atoms with E-state index >= 15 is 0 Å². The van der Waals surface area contributed by atoms with Gasteiger partial charge in [0.2, 0.25) is 0 Å². The molecule has 2 amide bonds. The second-order valence-corrected chi connectivity index (χ2v) is 9.36. The lowest BCUT2D eigenvalue weighted by molar-refractivity contribution is -0.114. The highest BCUT2D eigenvalue weighted by Gasteiger charge is 2.30. The van der Waals surface area contributed by atoms with E-state index in [1.807, 2.05) is 61.5 Å². The Morgan fingerprint density at radius 2 is 1.79 bits per heavy atom. The van der Waals surface area contributed by atoms with Gasteiger partial charge in [-0.3, -0.25) is 9.59 Å². The van der Waals surface area contributed by atoms with Crippen LogP contribution in [-0.4, -0.2) is 43.9 Å². The molecule has 5 nitrogen and oxygen atoms in total. The summed E-state index contributed by atoms with van der Waals surface area (Å²) < 4.78 is 13.4. The molecule has 0 unspecified atom stereocenters. The minimum absolute atomic E-state index is 0.157. The number of nitrogens with zero attached hydrogens (tertiary/aromatic N) is 2. The van der Waals surface area contributed by atoms with Crippen molar-refractivity contribution >= 4 is 35.3 Å². The lowest BCUT2D eigenvalue weighted by Crippen LogP contribution is -2.34. The predicted molar refractivity (Wildman–Crippen MR) is 135 cm³/mol. The van der Waals surface area contributed by atoms with E-state index in [-0.39, 0.29) is 24.2 Å². The van der Waals surface area contributed by atoms with Crippen LogP contribution >= 0.6 is 11.8 Å². The lowest BCUT2D eigenvalue weighted by Gasteiger charge is -2.31. The van der Waals surface area contributed by atoms with Crippen molar-refractivity contribution in [3.8, 4) is 0 Å². The smallest absolute Gasteiger partial charge is 0.265 e. The SMILES string of the molecule is CN(C)CCNC(=O)c1ccc2c(c1)N(Cc1ccc(F)cc1)C(=O)C(=Cc1ccccc1)S2. The monoisotopic (exact) mass is 475 g/mol. The average molecular weight is 476 g/mol. The van der Waals surface area contributed by atoms with E-state index in [4.69, 9.17) is 0 Å². The highest BCUT2D eigenvalue weighted by atomic mass is 32.2. The number of likely N-dealkylation sites (N-methyl/N-ethyl adjacent to an activating group) is 1. The number of hydrogen-bond donors (Lipinski definition) is 1. The largest absolute Gasteiger partial charge is 0.351 e. The standard InChI is InChI=1S/C27H26FN3O2S/c1-30(2)15-14-29-26(32)21-10-13-24-23(17-21)31(18-20-8-11-22(28)12-9-20)27(33)25(34-24)16-19-6-4-3-5-7-19/h3-13,16-17H,14-15,18H2,1-2H3,(H,29,32). The van der Waals surface area contributed by atoms with E-state index in [2.05, 4.69) is 5.32 Å². The summed E-state index contributed by atoms with van der Waals surface area (Å²) in [4.78, 5) is 31.4. The summed E-state index contributed by atoms with van der Waals surface area (Å²) in [5, 5.41) is 2.92. The van der Waals surface area contributed by atoms with Gasteiger partial charge in [0.25, 0.3) is 11.8 Å². The van der Waals surface area contributed by atoms with Gasteiger partial charge in [-0.25, -0.2) is 4.39 Å². The second-order valence-electron chi connectivity index (χ2n) is 8.28. The predicted octanol–water partition coefficient (Wildman–Crippen LogP) is 4.80. The maximum atomic E-state index is 13.5. The number of carbonyl (C=O) groups is 2. The molecule has 4 rings (SSSR count). The van der Waals surface area contributed by atoms with Crippen LogP contribution in [-0.2, 0) is 11.3 Å². The Morgan fingerprint density at radius 1 is 1.06 bits per heavy atom. The van der Waals surface area contributed by atoms with Gasteiger partial charge >= 0.3 is 0 Å². The zero-order valence-electron chi connectivity index (χ0n) is 19.1. The van der Waals surface area contributed by atoms with Gasteiger partial charge in [-0.1, -0.05) is 54.2 Å². The summed E-state index contributed by atoms with van der Waals surface area (Å²) in [7, 11) is 3.89. The minimum atomic E-state index is -0.328. The zero-order chi connectivity index (χ0) is 24.1.